The standard InChI is InChI=1S/C17H29NO3/c1-12-6-5-9-15(13(12)2)18-16(19)11-21-17(20)10-14-7-3-4-8-14/h12-15H,3-11H2,1-2H3,(H,18,19)/t12-,13+,15-/m0/s1. The highest BCUT2D eigenvalue weighted by Crippen LogP contribution is 2.29. The molecule has 0 saturated heterocycles. The second-order valence-corrected chi connectivity index (χ2v) is 6.96. The van der Waals surface area contributed by atoms with Crippen LogP contribution in [-0.4, -0.2) is 24.5 Å². The van der Waals surface area contributed by atoms with Gasteiger partial charge in [0.05, 0.1) is 0 Å². The van der Waals surface area contributed by atoms with Crippen LogP contribution in [0.5, 0.6) is 0 Å². The fraction of sp³-hybridized carbons (Fsp3) is 0.882. The molecule has 0 spiro atoms. The van der Waals surface area contributed by atoms with Crippen LogP contribution in [0.4, 0.5) is 0 Å². The smallest absolute Gasteiger partial charge is 0.306 e. The molecule has 0 aromatic heterocycles. The summed E-state index contributed by atoms with van der Waals surface area (Å²) in [5.74, 6) is 1.24. The SMILES string of the molecule is C[C@H]1[C@@H](NC(=O)COC(=O)CC2CCCC2)CCC[C@@H]1C. The van der Waals surface area contributed by atoms with Gasteiger partial charge in [-0.15, -0.1) is 0 Å². The van der Waals surface area contributed by atoms with Crippen molar-refractivity contribution in [2.45, 2.75) is 71.3 Å². The highest BCUT2D eigenvalue weighted by atomic mass is 16.5. The molecule has 120 valence electrons. The number of carbonyl (C=O) groups is 2. The minimum Gasteiger partial charge on any atom is -0.456 e. The Kier molecular flexibility index (Phi) is 6.07. The van der Waals surface area contributed by atoms with Crippen molar-refractivity contribution in [1.29, 1.82) is 0 Å². The third-order valence-corrected chi connectivity index (χ3v) is 5.35. The minimum atomic E-state index is -0.220. The molecule has 21 heavy (non-hydrogen) atoms. The summed E-state index contributed by atoms with van der Waals surface area (Å²) >= 11 is 0. The Morgan fingerprint density at radius 2 is 1.76 bits per heavy atom. The van der Waals surface area contributed by atoms with Crippen molar-refractivity contribution in [3.8, 4) is 0 Å². The van der Waals surface area contributed by atoms with Gasteiger partial charge in [0.25, 0.3) is 5.91 Å². The first-order valence-electron chi connectivity index (χ1n) is 8.51. The topological polar surface area (TPSA) is 55.4 Å². The van der Waals surface area contributed by atoms with E-state index in [9.17, 15) is 9.59 Å². The van der Waals surface area contributed by atoms with E-state index in [0.717, 1.165) is 25.7 Å². The Balaban J connectivity index is 1.65. The van der Waals surface area contributed by atoms with Crippen molar-refractivity contribution in [2.75, 3.05) is 6.61 Å². The largest absolute Gasteiger partial charge is 0.456 e. The molecule has 2 saturated carbocycles. The van der Waals surface area contributed by atoms with Crippen LogP contribution in [0.2, 0.25) is 0 Å². The van der Waals surface area contributed by atoms with Crippen LogP contribution in [0.15, 0.2) is 0 Å². The molecule has 2 rings (SSSR count). The lowest BCUT2D eigenvalue weighted by Gasteiger charge is -2.34. The quantitative estimate of drug-likeness (QED) is 0.793. The number of hydrogen-bond donors (Lipinski definition) is 1. The lowest BCUT2D eigenvalue weighted by Crippen LogP contribution is -2.45. The average molecular weight is 295 g/mol. The summed E-state index contributed by atoms with van der Waals surface area (Å²) in [6, 6.07) is 0.231. The summed E-state index contributed by atoms with van der Waals surface area (Å²) in [5.41, 5.74) is 0. The monoisotopic (exact) mass is 295 g/mol. The molecule has 4 heteroatoms. The van der Waals surface area contributed by atoms with Crippen LogP contribution in [0, 0.1) is 17.8 Å². The summed E-state index contributed by atoms with van der Waals surface area (Å²) in [6.45, 7) is 4.31. The molecule has 0 aliphatic heterocycles. The number of hydrogen-bond acceptors (Lipinski definition) is 3. The number of carbonyl (C=O) groups excluding carboxylic acids is 2. The molecule has 0 aromatic rings. The highest BCUT2D eigenvalue weighted by Gasteiger charge is 2.28. The highest BCUT2D eigenvalue weighted by molar-refractivity contribution is 5.80. The molecule has 2 aliphatic rings. The Morgan fingerprint density at radius 3 is 2.48 bits per heavy atom. The van der Waals surface area contributed by atoms with Gasteiger partial charge in [-0.2, -0.15) is 0 Å². The van der Waals surface area contributed by atoms with Crippen LogP contribution < -0.4 is 5.32 Å². The van der Waals surface area contributed by atoms with Gasteiger partial charge in [0.15, 0.2) is 6.61 Å². The lowest BCUT2D eigenvalue weighted by molar-refractivity contribution is -0.149. The Labute approximate surface area is 128 Å². The van der Waals surface area contributed by atoms with Crippen LogP contribution in [0.25, 0.3) is 0 Å². The van der Waals surface area contributed by atoms with Gasteiger partial charge in [0.1, 0.15) is 0 Å². The predicted octanol–water partition coefficient (Wildman–Crippen LogP) is 3.05. The van der Waals surface area contributed by atoms with E-state index in [1.54, 1.807) is 0 Å². The molecule has 2 fully saturated rings. The van der Waals surface area contributed by atoms with E-state index >= 15 is 0 Å². The molecule has 0 heterocycles. The normalized spacial score (nSPS) is 30.1. The molecule has 1 N–H and O–H groups in total. The molecule has 1 amide bonds. The van der Waals surface area contributed by atoms with Crippen LogP contribution in [0.3, 0.4) is 0 Å². The van der Waals surface area contributed by atoms with Gasteiger partial charge in [0.2, 0.25) is 0 Å². The lowest BCUT2D eigenvalue weighted by atomic mass is 9.78. The second kappa shape index (κ2) is 7.81. The molecule has 3 atom stereocenters. The zero-order chi connectivity index (χ0) is 15.2. The fourth-order valence-corrected chi connectivity index (χ4v) is 3.69. The van der Waals surface area contributed by atoms with Gasteiger partial charge in [0, 0.05) is 12.5 Å². The number of amides is 1. The fourth-order valence-electron chi connectivity index (χ4n) is 3.69. The molecule has 4 nitrogen and oxygen atoms in total. The number of esters is 1. The summed E-state index contributed by atoms with van der Waals surface area (Å²) in [6.07, 6.45) is 8.60. The zero-order valence-corrected chi connectivity index (χ0v) is 13.4. The molecule has 0 aromatic carbocycles. The zero-order valence-electron chi connectivity index (χ0n) is 13.4. The first-order valence-corrected chi connectivity index (χ1v) is 8.51. The van der Waals surface area contributed by atoms with E-state index in [0.29, 0.717) is 24.2 Å². The van der Waals surface area contributed by atoms with Crippen molar-refractivity contribution in [3.05, 3.63) is 0 Å². The number of nitrogens with one attached hydrogen (secondary N) is 1. The van der Waals surface area contributed by atoms with Crippen molar-refractivity contribution in [1.82, 2.24) is 5.32 Å². The van der Waals surface area contributed by atoms with E-state index in [1.165, 1.54) is 19.3 Å². The second-order valence-electron chi connectivity index (χ2n) is 6.96. The van der Waals surface area contributed by atoms with E-state index in [2.05, 4.69) is 19.2 Å². The third kappa shape index (κ3) is 5.01. The Bertz CT molecular complexity index is 363. The van der Waals surface area contributed by atoms with Crippen molar-refractivity contribution < 1.29 is 14.3 Å². The molecule has 0 radical (unpaired) electrons. The molecule has 0 bridgehead atoms. The first kappa shape index (κ1) is 16.3. The molecule has 0 unspecified atom stereocenters. The minimum absolute atomic E-state index is 0.122. The first-order chi connectivity index (χ1) is 10.1. The summed E-state index contributed by atoms with van der Waals surface area (Å²) in [4.78, 5) is 23.6. The van der Waals surface area contributed by atoms with Crippen molar-refractivity contribution in [3.63, 3.8) is 0 Å². The predicted molar refractivity (Wildman–Crippen MR) is 81.6 cm³/mol. The maximum absolute atomic E-state index is 11.9. The van der Waals surface area contributed by atoms with E-state index in [4.69, 9.17) is 4.74 Å². The van der Waals surface area contributed by atoms with Gasteiger partial charge in [-0.05, 0) is 37.0 Å². The Hall–Kier alpha value is -1.06. The van der Waals surface area contributed by atoms with Gasteiger partial charge in [-0.1, -0.05) is 39.5 Å². The molecular formula is C17H29NO3. The van der Waals surface area contributed by atoms with E-state index in [-0.39, 0.29) is 24.5 Å². The summed E-state index contributed by atoms with van der Waals surface area (Å²) in [7, 11) is 0. The summed E-state index contributed by atoms with van der Waals surface area (Å²) < 4.78 is 5.12. The molecular weight excluding hydrogens is 266 g/mol. The van der Waals surface area contributed by atoms with Gasteiger partial charge < -0.3 is 10.1 Å². The van der Waals surface area contributed by atoms with Gasteiger partial charge in [-0.3, -0.25) is 9.59 Å². The van der Waals surface area contributed by atoms with Crippen LogP contribution in [-0.2, 0) is 14.3 Å². The average Bonchev–Trinajstić information content (AvgIpc) is 2.94. The number of ether oxygens (including phenoxy) is 1. The maximum Gasteiger partial charge on any atom is 0.306 e. The van der Waals surface area contributed by atoms with E-state index in [1.807, 2.05) is 0 Å². The van der Waals surface area contributed by atoms with Crippen molar-refractivity contribution in [2.24, 2.45) is 17.8 Å². The van der Waals surface area contributed by atoms with Crippen LogP contribution in [0.1, 0.15) is 65.2 Å². The number of rotatable bonds is 5. The van der Waals surface area contributed by atoms with Gasteiger partial charge >= 0.3 is 5.97 Å². The van der Waals surface area contributed by atoms with E-state index < -0.39 is 0 Å². The molecule has 2 aliphatic carbocycles. The summed E-state index contributed by atoms with van der Waals surface area (Å²) in [5, 5.41) is 3.03. The third-order valence-electron chi connectivity index (χ3n) is 5.35. The maximum atomic E-state index is 11.9. The van der Waals surface area contributed by atoms with Crippen LogP contribution >= 0.6 is 0 Å². The Morgan fingerprint density at radius 1 is 1.05 bits per heavy atom. The van der Waals surface area contributed by atoms with Crippen molar-refractivity contribution >= 4 is 11.9 Å². The van der Waals surface area contributed by atoms with Gasteiger partial charge in [-0.25, -0.2) is 0 Å².